The zero-order valence-electron chi connectivity index (χ0n) is 18.3. The molecule has 1 amide bonds. The molecule has 166 valence electrons. The molecule has 6 nitrogen and oxygen atoms in total. The van der Waals surface area contributed by atoms with Gasteiger partial charge in [-0.15, -0.1) is 0 Å². The third kappa shape index (κ3) is 4.80. The highest BCUT2D eigenvalue weighted by Gasteiger charge is 2.20. The van der Waals surface area contributed by atoms with Crippen LogP contribution in [0.4, 0.5) is 0 Å². The number of hydrogen-bond donors (Lipinski definition) is 0. The first kappa shape index (κ1) is 20.9. The van der Waals surface area contributed by atoms with Crippen LogP contribution in [0, 0.1) is 0 Å². The monoisotopic (exact) mass is 439 g/mol. The van der Waals surface area contributed by atoms with Crippen LogP contribution in [0.2, 0.25) is 0 Å². The van der Waals surface area contributed by atoms with Crippen LogP contribution in [0.1, 0.15) is 35.2 Å². The molecule has 6 heteroatoms. The van der Waals surface area contributed by atoms with Crippen molar-refractivity contribution in [2.75, 3.05) is 13.2 Å². The molecule has 0 radical (unpaired) electrons. The fourth-order valence-corrected chi connectivity index (χ4v) is 4.01. The molecule has 0 atom stereocenters. The lowest BCUT2D eigenvalue weighted by Crippen LogP contribution is -2.31. The van der Waals surface area contributed by atoms with Gasteiger partial charge in [0.2, 0.25) is 5.88 Å². The average Bonchev–Trinajstić information content (AvgIpc) is 2.87. The van der Waals surface area contributed by atoms with Crippen molar-refractivity contribution in [2.45, 2.75) is 25.8 Å². The van der Waals surface area contributed by atoms with Gasteiger partial charge in [-0.3, -0.25) is 9.78 Å². The largest absolute Gasteiger partial charge is 0.490 e. The lowest BCUT2D eigenvalue weighted by molar-refractivity contribution is 0.0739. The molecule has 33 heavy (non-hydrogen) atoms. The topological polar surface area (TPSA) is 64.6 Å². The number of carbonyl (C=O) groups excluding carboxylic acids is 1. The normalized spacial score (nSPS) is 14.5. The van der Waals surface area contributed by atoms with Crippen LogP contribution in [0.5, 0.6) is 17.4 Å². The maximum absolute atomic E-state index is 13.6. The minimum atomic E-state index is -0.0120. The van der Waals surface area contributed by atoms with E-state index in [1.54, 1.807) is 12.4 Å². The molecular weight excluding hydrogens is 414 g/mol. The third-order valence-electron chi connectivity index (χ3n) is 5.73. The second kappa shape index (κ2) is 9.69. The summed E-state index contributed by atoms with van der Waals surface area (Å²) in [6, 6.07) is 21.0. The highest BCUT2D eigenvalue weighted by Crippen LogP contribution is 2.33. The molecule has 0 unspecified atom stereocenters. The predicted molar refractivity (Wildman–Crippen MR) is 127 cm³/mol. The Hall–Kier alpha value is -3.93. The van der Waals surface area contributed by atoms with Crippen LogP contribution in [-0.2, 0) is 6.54 Å². The maximum Gasteiger partial charge on any atom is 0.254 e. The molecule has 0 N–H and O–H groups in total. The number of para-hydroxylation sites is 2. The second-order valence-corrected chi connectivity index (χ2v) is 8.06. The van der Waals surface area contributed by atoms with E-state index in [1.807, 2.05) is 71.6 Å². The number of rotatable bonds is 1. The average molecular weight is 440 g/mol. The zero-order chi connectivity index (χ0) is 22.5. The highest BCUT2D eigenvalue weighted by atomic mass is 16.5. The molecule has 0 spiro atoms. The second-order valence-electron chi connectivity index (χ2n) is 8.06. The van der Waals surface area contributed by atoms with Crippen molar-refractivity contribution >= 4 is 16.8 Å². The van der Waals surface area contributed by atoms with E-state index < -0.39 is 0 Å². The van der Waals surface area contributed by atoms with E-state index in [0.29, 0.717) is 42.6 Å². The number of amides is 1. The third-order valence-corrected chi connectivity index (χ3v) is 5.73. The maximum atomic E-state index is 13.6. The van der Waals surface area contributed by atoms with Crippen molar-refractivity contribution < 1.29 is 14.3 Å². The molecule has 0 saturated heterocycles. The summed E-state index contributed by atoms with van der Waals surface area (Å²) in [6.07, 6.45) is 6.22. The Morgan fingerprint density at radius 3 is 2.64 bits per heavy atom. The van der Waals surface area contributed by atoms with Gasteiger partial charge in [-0.25, -0.2) is 4.98 Å². The van der Waals surface area contributed by atoms with E-state index >= 15 is 0 Å². The van der Waals surface area contributed by atoms with Crippen LogP contribution < -0.4 is 9.47 Å². The quantitative estimate of drug-likeness (QED) is 0.385. The van der Waals surface area contributed by atoms with Crippen LogP contribution in [0.25, 0.3) is 10.9 Å². The molecule has 0 fully saturated rings. The minimum Gasteiger partial charge on any atom is -0.490 e. The summed E-state index contributed by atoms with van der Waals surface area (Å²) in [5.41, 5.74) is 2.38. The summed E-state index contributed by atoms with van der Waals surface area (Å²) in [4.78, 5) is 24.2. The number of aromatic nitrogens is 2. The van der Waals surface area contributed by atoms with Gasteiger partial charge in [-0.05, 0) is 61.7 Å². The summed E-state index contributed by atoms with van der Waals surface area (Å²) in [7, 11) is 0. The fourth-order valence-electron chi connectivity index (χ4n) is 4.01. The molecule has 0 bridgehead atoms. The summed E-state index contributed by atoms with van der Waals surface area (Å²) in [5, 5.41) is 0.952. The molecule has 2 aromatic heterocycles. The molecule has 0 saturated carbocycles. The Balaban J connectivity index is 1.47. The first-order valence-electron chi connectivity index (χ1n) is 11.3. The van der Waals surface area contributed by atoms with Crippen LogP contribution >= 0.6 is 0 Å². The zero-order valence-corrected chi connectivity index (χ0v) is 18.3. The summed E-state index contributed by atoms with van der Waals surface area (Å²) in [6.45, 7) is 1.66. The molecule has 0 aliphatic carbocycles. The van der Waals surface area contributed by atoms with Crippen molar-refractivity contribution in [3.63, 3.8) is 0 Å². The summed E-state index contributed by atoms with van der Waals surface area (Å²) in [5.74, 6) is 1.79. The Kier molecular flexibility index (Phi) is 6.15. The van der Waals surface area contributed by atoms with Crippen LogP contribution in [0.15, 0.2) is 79.1 Å². The van der Waals surface area contributed by atoms with Crippen molar-refractivity contribution in [3.05, 3.63) is 90.3 Å². The molecule has 1 aliphatic heterocycles. The van der Waals surface area contributed by atoms with Crippen LogP contribution in [-0.4, -0.2) is 33.9 Å². The molecule has 4 aromatic rings. The van der Waals surface area contributed by atoms with Gasteiger partial charge in [-0.2, -0.15) is 0 Å². The smallest absolute Gasteiger partial charge is 0.254 e. The number of fused-ring (bicyclic) bond motifs is 3. The summed E-state index contributed by atoms with van der Waals surface area (Å²) >= 11 is 0. The standard InChI is InChI=1S/C27H25N3O3/c31-27(21-12-13-23-20(18-21)8-6-14-28-23)30-16-4-1-5-17-32-24-10-2-3-11-25(24)33-26-22(19-30)9-7-15-29-26/h2-3,6-15,18H,1,4-5,16-17,19H2. The van der Waals surface area contributed by atoms with Gasteiger partial charge >= 0.3 is 0 Å². The van der Waals surface area contributed by atoms with E-state index in [9.17, 15) is 4.79 Å². The van der Waals surface area contributed by atoms with E-state index in [2.05, 4.69) is 9.97 Å². The number of ether oxygens (including phenoxy) is 2. The van der Waals surface area contributed by atoms with Gasteiger partial charge in [0, 0.05) is 35.5 Å². The lowest BCUT2D eigenvalue weighted by atomic mass is 10.1. The van der Waals surface area contributed by atoms with Crippen molar-refractivity contribution in [1.82, 2.24) is 14.9 Å². The van der Waals surface area contributed by atoms with Gasteiger partial charge in [-0.1, -0.05) is 24.3 Å². The number of hydrogen-bond acceptors (Lipinski definition) is 5. The Morgan fingerprint density at radius 1 is 0.848 bits per heavy atom. The SMILES string of the molecule is O=C(c1ccc2ncccc2c1)N1CCCCCOc2ccccc2Oc2ncccc2C1. The Labute approximate surface area is 192 Å². The number of benzene rings is 2. The van der Waals surface area contributed by atoms with Gasteiger partial charge in [0.15, 0.2) is 11.5 Å². The van der Waals surface area contributed by atoms with E-state index in [1.165, 1.54) is 0 Å². The van der Waals surface area contributed by atoms with E-state index in [4.69, 9.17) is 9.47 Å². The van der Waals surface area contributed by atoms with Crippen molar-refractivity contribution in [1.29, 1.82) is 0 Å². The molecule has 5 rings (SSSR count). The van der Waals surface area contributed by atoms with Gasteiger partial charge < -0.3 is 14.4 Å². The van der Waals surface area contributed by atoms with Crippen LogP contribution in [0.3, 0.4) is 0 Å². The highest BCUT2D eigenvalue weighted by molar-refractivity contribution is 5.97. The molecule has 1 aliphatic rings. The Morgan fingerprint density at radius 2 is 1.70 bits per heavy atom. The first-order valence-corrected chi connectivity index (χ1v) is 11.3. The minimum absolute atomic E-state index is 0.0120. The number of carbonyl (C=O) groups is 1. The lowest BCUT2D eigenvalue weighted by Gasteiger charge is -2.24. The van der Waals surface area contributed by atoms with Gasteiger partial charge in [0.05, 0.1) is 18.7 Å². The van der Waals surface area contributed by atoms with E-state index in [0.717, 1.165) is 35.7 Å². The number of pyridine rings is 2. The van der Waals surface area contributed by atoms with Gasteiger partial charge in [0.25, 0.3) is 5.91 Å². The molecule has 2 aromatic carbocycles. The Bertz CT molecular complexity index is 1270. The van der Waals surface area contributed by atoms with Crippen molar-refractivity contribution in [3.8, 4) is 17.4 Å². The van der Waals surface area contributed by atoms with E-state index in [-0.39, 0.29) is 5.91 Å². The first-order chi connectivity index (χ1) is 16.3. The predicted octanol–water partition coefficient (Wildman–Crippen LogP) is 5.63. The molecular formula is C27H25N3O3. The molecule has 3 heterocycles. The van der Waals surface area contributed by atoms with Gasteiger partial charge in [0.1, 0.15) is 0 Å². The number of nitrogens with zero attached hydrogens (tertiary/aromatic N) is 3. The fraction of sp³-hybridized carbons (Fsp3) is 0.222. The summed E-state index contributed by atoms with van der Waals surface area (Å²) < 4.78 is 12.1. The van der Waals surface area contributed by atoms with Crippen molar-refractivity contribution in [2.24, 2.45) is 0 Å².